The summed E-state index contributed by atoms with van der Waals surface area (Å²) >= 11 is 12.6. The Morgan fingerprint density at radius 1 is 1.15 bits per heavy atom. The van der Waals surface area contributed by atoms with Gasteiger partial charge in [-0.25, -0.2) is 0 Å². The smallest absolute Gasteiger partial charge is 0.254 e. The number of hydrogen-bond donors (Lipinski definition) is 1. The Bertz CT molecular complexity index is 827. The Hall–Kier alpha value is -2.24. The van der Waals surface area contributed by atoms with Gasteiger partial charge >= 0.3 is 0 Å². The molecule has 0 unspecified atom stereocenters. The molecule has 2 aromatic carbocycles. The number of carbonyl (C=O) groups excluding carboxylic acids is 2. The van der Waals surface area contributed by atoms with E-state index in [0.29, 0.717) is 40.9 Å². The van der Waals surface area contributed by atoms with Crippen LogP contribution in [-0.4, -0.2) is 25.0 Å². The first-order chi connectivity index (χ1) is 12.5. The molecule has 1 heterocycles. The second-order valence-corrected chi connectivity index (χ2v) is 6.74. The molecule has 0 saturated heterocycles. The Labute approximate surface area is 161 Å². The highest BCUT2D eigenvalue weighted by molar-refractivity contribution is 6.38. The molecule has 1 aliphatic heterocycles. The van der Waals surface area contributed by atoms with Gasteiger partial charge in [0.25, 0.3) is 5.91 Å². The van der Waals surface area contributed by atoms with Crippen molar-refractivity contribution in [3.63, 3.8) is 0 Å². The van der Waals surface area contributed by atoms with Crippen LogP contribution in [-0.2, 0) is 9.59 Å². The average molecular weight is 393 g/mol. The van der Waals surface area contributed by atoms with Crippen LogP contribution in [0.2, 0.25) is 10.0 Å². The van der Waals surface area contributed by atoms with E-state index >= 15 is 0 Å². The molecule has 2 amide bonds. The topological polar surface area (TPSA) is 58.6 Å². The molecule has 136 valence electrons. The molecule has 5 nitrogen and oxygen atoms in total. The van der Waals surface area contributed by atoms with Crippen molar-refractivity contribution in [1.29, 1.82) is 0 Å². The van der Waals surface area contributed by atoms with Crippen molar-refractivity contribution in [2.45, 2.75) is 19.4 Å². The van der Waals surface area contributed by atoms with Crippen LogP contribution in [0, 0.1) is 0 Å². The molecular formula is C19H18Cl2N2O3. The van der Waals surface area contributed by atoms with Crippen LogP contribution in [0.5, 0.6) is 5.75 Å². The maximum atomic E-state index is 12.8. The van der Waals surface area contributed by atoms with Crippen molar-refractivity contribution >= 4 is 40.7 Å². The van der Waals surface area contributed by atoms with E-state index in [2.05, 4.69) is 5.32 Å². The highest BCUT2D eigenvalue weighted by Gasteiger charge is 2.40. The van der Waals surface area contributed by atoms with E-state index in [1.807, 2.05) is 30.3 Å². The number of rotatable bonds is 6. The van der Waals surface area contributed by atoms with E-state index in [4.69, 9.17) is 27.9 Å². The van der Waals surface area contributed by atoms with E-state index in [-0.39, 0.29) is 11.8 Å². The van der Waals surface area contributed by atoms with Gasteiger partial charge in [-0.05, 0) is 30.7 Å². The van der Waals surface area contributed by atoms with Gasteiger partial charge in [0.2, 0.25) is 5.91 Å². The summed E-state index contributed by atoms with van der Waals surface area (Å²) in [5, 5.41) is 3.49. The molecule has 0 saturated carbocycles. The lowest BCUT2D eigenvalue weighted by Gasteiger charge is -2.19. The van der Waals surface area contributed by atoms with Crippen LogP contribution in [0.1, 0.15) is 24.9 Å². The first-order valence-electron chi connectivity index (χ1n) is 8.23. The highest BCUT2D eigenvalue weighted by Crippen LogP contribution is 2.44. The number of para-hydroxylation sites is 1. The summed E-state index contributed by atoms with van der Waals surface area (Å²) in [5.41, 5.74) is 1.10. The second kappa shape index (κ2) is 7.98. The van der Waals surface area contributed by atoms with Crippen molar-refractivity contribution in [3.05, 3.63) is 58.1 Å². The molecule has 0 aromatic heterocycles. The minimum atomic E-state index is -0.816. The van der Waals surface area contributed by atoms with Crippen LogP contribution in [0.15, 0.2) is 42.5 Å². The third-order valence-corrected chi connectivity index (χ3v) is 4.71. The number of hydrogen-bond acceptors (Lipinski definition) is 3. The molecule has 1 N–H and O–H groups in total. The number of carbonyl (C=O) groups is 2. The zero-order chi connectivity index (χ0) is 18.7. The van der Waals surface area contributed by atoms with Gasteiger partial charge in [-0.3, -0.25) is 9.59 Å². The maximum Gasteiger partial charge on any atom is 0.254 e. The van der Waals surface area contributed by atoms with Crippen molar-refractivity contribution in [2.24, 2.45) is 0 Å². The Kier molecular flexibility index (Phi) is 5.69. The van der Waals surface area contributed by atoms with Crippen LogP contribution in [0.25, 0.3) is 0 Å². The summed E-state index contributed by atoms with van der Waals surface area (Å²) in [6.45, 7) is 2.22. The first-order valence-corrected chi connectivity index (χ1v) is 8.99. The minimum absolute atomic E-state index is 0.245. The fraction of sp³-hybridized carbons (Fsp3) is 0.263. The number of anilines is 1. The van der Waals surface area contributed by atoms with Gasteiger partial charge in [0.15, 0.2) is 0 Å². The van der Waals surface area contributed by atoms with Gasteiger partial charge in [-0.1, -0.05) is 41.4 Å². The van der Waals surface area contributed by atoms with Gasteiger partial charge < -0.3 is 15.0 Å². The summed E-state index contributed by atoms with van der Waals surface area (Å²) in [5.74, 6) is 0.224. The fourth-order valence-electron chi connectivity index (χ4n) is 2.98. The molecule has 1 atom stereocenters. The largest absolute Gasteiger partial charge is 0.494 e. The number of fused-ring (bicyclic) bond motifs is 1. The van der Waals surface area contributed by atoms with Gasteiger partial charge in [0, 0.05) is 24.1 Å². The van der Waals surface area contributed by atoms with Crippen LogP contribution < -0.4 is 15.0 Å². The zero-order valence-electron chi connectivity index (χ0n) is 14.2. The fourth-order valence-corrected chi connectivity index (χ4v) is 3.51. The van der Waals surface area contributed by atoms with E-state index in [1.54, 1.807) is 17.0 Å². The number of benzene rings is 2. The number of nitrogens with one attached hydrogen (secondary N) is 1. The molecule has 26 heavy (non-hydrogen) atoms. The first kappa shape index (κ1) is 18.5. The summed E-state index contributed by atoms with van der Waals surface area (Å²) in [7, 11) is 0. The van der Waals surface area contributed by atoms with Crippen LogP contribution >= 0.6 is 23.2 Å². The van der Waals surface area contributed by atoms with Crippen LogP contribution in [0.4, 0.5) is 5.69 Å². The predicted octanol–water partition coefficient (Wildman–Crippen LogP) is 3.99. The van der Waals surface area contributed by atoms with E-state index in [9.17, 15) is 9.59 Å². The van der Waals surface area contributed by atoms with Gasteiger partial charge in [0.1, 0.15) is 11.8 Å². The molecule has 0 fully saturated rings. The van der Waals surface area contributed by atoms with Crippen LogP contribution in [0.3, 0.4) is 0 Å². The number of ether oxygens (including phenoxy) is 1. The van der Waals surface area contributed by atoms with E-state index in [0.717, 1.165) is 5.75 Å². The third-order valence-electron chi connectivity index (χ3n) is 4.07. The van der Waals surface area contributed by atoms with Gasteiger partial charge in [-0.2, -0.15) is 0 Å². The van der Waals surface area contributed by atoms with Crippen molar-refractivity contribution in [1.82, 2.24) is 5.32 Å². The monoisotopic (exact) mass is 392 g/mol. The molecule has 0 aliphatic carbocycles. The van der Waals surface area contributed by atoms with E-state index in [1.165, 1.54) is 6.92 Å². The van der Waals surface area contributed by atoms with E-state index < -0.39 is 6.04 Å². The minimum Gasteiger partial charge on any atom is -0.494 e. The predicted molar refractivity (Wildman–Crippen MR) is 102 cm³/mol. The molecule has 7 heteroatoms. The lowest BCUT2D eigenvalue weighted by Crippen LogP contribution is -2.37. The Morgan fingerprint density at radius 2 is 1.85 bits per heavy atom. The molecule has 0 spiro atoms. The number of halogens is 2. The van der Waals surface area contributed by atoms with Gasteiger partial charge in [-0.15, -0.1) is 0 Å². The van der Waals surface area contributed by atoms with Crippen molar-refractivity contribution < 1.29 is 14.3 Å². The Balaban J connectivity index is 1.74. The Morgan fingerprint density at radius 3 is 2.54 bits per heavy atom. The standard InChI is InChI=1S/C19H18Cl2N2O3/c1-12(24)22-17-16-14(20)8-9-15(21)18(16)23(19(17)25)10-5-11-26-13-6-3-2-4-7-13/h2-4,6-9,17H,5,10-11H2,1H3,(H,22,24)/t17-/m1/s1. The van der Waals surface area contributed by atoms with Gasteiger partial charge in [0.05, 0.1) is 17.3 Å². The molecule has 2 aromatic rings. The average Bonchev–Trinajstić information content (AvgIpc) is 2.89. The molecular weight excluding hydrogens is 375 g/mol. The maximum absolute atomic E-state index is 12.8. The third kappa shape index (κ3) is 3.79. The SMILES string of the molecule is CC(=O)N[C@H]1C(=O)N(CCCOc2ccccc2)c2c(Cl)ccc(Cl)c21. The highest BCUT2D eigenvalue weighted by atomic mass is 35.5. The quantitative estimate of drug-likeness (QED) is 0.756. The summed E-state index contributed by atoms with van der Waals surface area (Å²) in [4.78, 5) is 25.9. The van der Waals surface area contributed by atoms with Crippen molar-refractivity contribution in [3.8, 4) is 5.75 Å². The zero-order valence-corrected chi connectivity index (χ0v) is 15.7. The molecule has 1 aliphatic rings. The summed E-state index contributed by atoms with van der Waals surface area (Å²) in [6, 6.07) is 11.9. The normalized spacial score (nSPS) is 15.7. The molecule has 0 bridgehead atoms. The number of nitrogens with zero attached hydrogens (tertiary/aromatic N) is 1. The lowest BCUT2D eigenvalue weighted by molar-refractivity contribution is -0.126. The number of amides is 2. The summed E-state index contributed by atoms with van der Waals surface area (Å²) < 4.78 is 5.67. The van der Waals surface area contributed by atoms with Crippen molar-refractivity contribution in [2.75, 3.05) is 18.1 Å². The lowest BCUT2D eigenvalue weighted by atomic mass is 10.1. The molecule has 3 rings (SSSR count). The summed E-state index contributed by atoms with van der Waals surface area (Å²) in [6.07, 6.45) is 0.607. The second-order valence-electron chi connectivity index (χ2n) is 5.93. The molecule has 0 radical (unpaired) electrons.